The molecule has 4 aliphatic carbocycles. The lowest BCUT2D eigenvalue weighted by Crippen LogP contribution is -2.55. The van der Waals surface area contributed by atoms with Crippen molar-refractivity contribution in [2.24, 2.45) is 51.8 Å². The molecule has 0 amide bonds. The molecule has 0 radical (unpaired) electrons. The van der Waals surface area contributed by atoms with Crippen molar-refractivity contribution >= 4 is 0 Å². The summed E-state index contributed by atoms with van der Waals surface area (Å²) in [5.41, 5.74) is 2.61. The van der Waals surface area contributed by atoms with E-state index in [0.717, 1.165) is 41.7 Å². The Labute approximate surface area is 219 Å². The molecule has 4 aliphatic rings. The van der Waals surface area contributed by atoms with E-state index in [1.807, 2.05) is 27.0 Å². The standard InChI is InChI=1S/C31H52N2.C2H6/c1-8-29(5)16-17-31(9-2)24(18-29)10-11-25-27-13-12-26(30(27,6)15-14-28(25)31)23(4)21-33(7)20-22(3)19-32;1-2/h20,23-28H,8-18,21H2,1-7H3;1-2H3/b22-20+;/t23-,24?,25?,26?,27?,28?,29-,30?,31?;/m1./s1. The first-order chi connectivity index (χ1) is 16.6. The lowest BCUT2D eigenvalue weighted by atomic mass is 9.41. The lowest BCUT2D eigenvalue weighted by Gasteiger charge is -2.63. The number of fused-ring (bicyclic) bond motifs is 5. The Hall–Kier alpha value is -0.970. The third-order valence-electron chi connectivity index (χ3n) is 12.2. The molecule has 4 saturated carbocycles. The van der Waals surface area contributed by atoms with Crippen molar-refractivity contribution in [2.75, 3.05) is 13.6 Å². The van der Waals surface area contributed by atoms with Crippen molar-refractivity contribution in [1.82, 2.24) is 4.90 Å². The molecular weight excluding hydrogens is 424 g/mol. The maximum atomic E-state index is 9.16. The molecule has 0 spiro atoms. The van der Waals surface area contributed by atoms with Crippen molar-refractivity contribution in [3.63, 3.8) is 0 Å². The van der Waals surface area contributed by atoms with Gasteiger partial charge in [-0.15, -0.1) is 0 Å². The van der Waals surface area contributed by atoms with Gasteiger partial charge in [-0.1, -0.05) is 54.9 Å². The number of hydrogen-bond donors (Lipinski definition) is 0. The highest BCUT2D eigenvalue weighted by molar-refractivity contribution is 5.16. The minimum atomic E-state index is 0.532. The monoisotopic (exact) mass is 482 g/mol. The minimum absolute atomic E-state index is 0.532. The van der Waals surface area contributed by atoms with Crippen LogP contribution in [-0.2, 0) is 0 Å². The fraction of sp³-hybridized carbons (Fsp3) is 0.909. The Balaban J connectivity index is 0.00000167. The third kappa shape index (κ3) is 5.09. The van der Waals surface area contributed by atoms with Crippen molar-refractivity contribution in [3.8, 4) is 6.07 Å². The highest BCUT2D eigenvalue weighted by Gasteiger charge is 2.62. The molecule has 0 aromatic rings. The van der Waals surface area contributed by atoms with Crippen LogP contribution >= 0.6 is 0 Å². The molecule has 0 aromatic heterocycles. The van der Waals surface area contributed by atoms with Gasteiger partial charge in [-0.25, -0.2) is 0 Å². The molecule has 4 rings (SSSR count). The maximum absolute atomic E-state index is 9.16. The summed E-state index contributed by atoms with van der Waals surface area (Å²) in [4.78, 5) is 2.27. The molecule has 0 aromatic carbocycles. The number of nitriles is 1. The van der Waals surface area contributed by atoms with Crippen LogP contribution in [0.15, 0.2) is 11.8 Å². The molecule has 0 heterocycles. The molecule has 0 bridgehead atoms. The second-order valence-electron chi connectivity index (χ2n) is 13.7. The maximum Gasteiger partial charge on any atom is 0.0959 e. The number of hydrogen-bond acceptors (Lipinski definition) is 2. The zero-order chi connectivity index (χ0) is 26.0. The topological polar surface area (TPSA) is 27.0 Å². The van der Waals surface area contributed by atoms with Gasteiger partial charge in [0.2, 0.25) is 0 Å². The van der Waals surface area contributed by atoms with Crippen molar-refractivity contribution in [2.45, 2.75) is 126 Å². The van der Waals surface area contributed by atoms with Crippen LogP contribution in [0, 0.1) is 63.1 Å². The largest absolute Gasteiger partial charge is 0.379 e. The molecule has 0 saturated heterocycles. The van der Waals surface area contributed by atoms with Crippen molar-refractivity contribution < 1.29 is 0 Å². The van der Waals surface area contributed by atoms with Gasteiger partial charge < -0.3 is 4.90 Å². The molecule has 0 aliphatic heterocycles. The van der Waals surface area contributed by atoms with Crippen LogP contribution in [-0.4, -0.2) is 18.5 Å². The first-order valence-electron chi connectivity index (χ1n) is 15.4. The average Bonchev–Trinajstić information content (AvgIpc) is 3.22. The number of rotatable bonds is 6. The van der Waals surface area contributed by atoms with Crippen LogP contribution in [0.2, 0.25) is 0 Å². The number of allylic oxidation sites excluding steroid dienone is 1. The van der Waals surface area contributed by atoms with E-state index in [1.165, 1.54) is 70.6 Å². The summed E-state index contributed by atoms with van der Waals surface area (Å²) >= 11 is 0. The predicted octanol–water partition coefficient (Wildman–Crippen LogP) is 9.47. The minimum Gasteiger partial charge on any atom is -0.379 e. The van der Waals surface area contributed by atoms with E-state index in [1.54, 1.807) is 0 Å². The fourth-order valence-electron chi connectivity index (χ4n) is 10.3. The van der Waals surface area contributed by atoms with E-state index < -0.39 is 0 Å². The fourth-order valence-corrected chi connectivity index (χ4v) is 10.3. The lowest BCUT2D eigenvalue weighted by molar-refractivity contribution is -0.142. The van der Waals surface area contributed by atoms with Crippen molar-refractivity contribution in [1.29, 1.82) is 5.26 Å². The second-order valence-corrected chi connectivity index (χ2v) is 13.7. The second kappa shape index (κ2) is 11.2. The van der Waals surface area contributed by atoms with Gasteiger partial charge in [0.25, 0.3) is 0 Å². The quantitative estimate of drug-likeness (QED) is 0.352. The van der Waals surface area contributed by atoms with E-state index in [9.17, 15) is 0 Å². The van der Waals surface area contributed by atoms with Crippen molar-refractivity contribution in [3.05, 3.63) is 11.8 Å². The summed E-state index contributed by atoms with van der Waals surface area (Å²) in [5.74, 6) is 5.47. The smallest absolute Gasteiger partial charge is 0.0959 e. The van der Waals surface area contributed by atoms with Crippen LogP contribution in [0.25, 0.3) is 0 Å². The first-order valence-corrected chi connectivity index (χ1v) is 15.4. The van der Waals surface area contributed by atoms with Crippen LogP contribution in [0.1, 0.15) is 126 Å². The molecule has 2 heteroatoms. The van der Waals surface area contributed by atoms with E-state index in [4.69, 9.17) is 5.26 Å². The van der Waals surface area contributed by atoms with Crippen LogP contribution in [0.3, 0.4) is 0 Å². The Kier molecular flexibility index (Phi) is 9.14. The molecule has 35 heavy (non-hydrogen) atoms. The highest BCUT2D eigenvalue weighted by Crippen LogP contribution is 2.70. The predicted molar refractivity (Wildman–Crippen MR) is 151 cm³/mol. The van der Waals surface area contributed by atoms with E-state index in [2.05, 4.69) is 52.6 Å². The normalized spacial score (nSPS) is 43.5. The van der Waals surface area contributed by atoms with Gasteiger partial charge in [-0.2, -0.15) is 5.26 Å². The summed E-state index contributed by atoms with van der Waals surface area (Å²) in [7, 11) is 2.16. The van der Waals surface area contributed by atoms with Crippen LogP contribution in [0.4, 0.5) is 0 Å². The van der Waals surface area contributed by atoms with Gasteiger partial charge in [0.15, 0.2) is 0 Å². The Morgan fingerprint density at radius 1 is 1.00 bits per heavy atom. The van der Waals surface area contributed by atoms with Gasteiger partial charge in [-0.3, -0.25) is 0 Å². The summed E-state index contributed by atoms with van der Waals surface area (Å²) in [6.45, 7) is 19.8. The zero-order valence-electron chi connectivity index (χ0n) is 24.9. The van der Waals surface area contributed by atoms with Crippen LogP contribution in [0.5, 0.6) is 0 Å². The Morgan fingerprint density at radius 2 is 1.71 bits per heavy atom. The van der Waals surface area contributed by atoms with Gasteiger partial charge in [-0.05, 0) is 123 Å². The summed E-state index contributed by atoms with van der Waals surface area (Å²) in [5, 5.41) is 9.16. The van der Waals surface area contributed by atoms with Gasteiger partial charge in [0.1, 0.15) is 0 Å². The molecular formula is C33H58N2. The summed E-state index contributed by atoms with van der Waals surface area (Å²) in [6, 6.07) is 2.28. The highest BCUT2D eigenvalue weighted by atomic mass is 15.1. The van der Waals surface area contributed by atoms with Gasteiger partial charge in [0.05, 0.1) is 6.07 Å². The summed E-state index contributed by atoms with van der Waals surface area (Å²) in [6.07, 6.45) is 18.2. The Bertz CT molecular complexity index is 778. The summed E-state index contributed by atoms with van der Waals surface area (Å²) < 4.78 is 0. The molecule has 2 nitrogen and oxygen atoms in total. The molecule has 200 valence electrons. The third-order valence-corrected chi connectivity index (χ3v) is 12.2. The average molecular weight is 483 g/mol. The molecule has 9 atom stereocenters. The zero-order valence-corrected chi connectivity index (χ0v) is 24.9. The van der Waals surface area contributed by atoms with Gasteiger partial charge >= 0.3 is 0 Å². The SMILES string of the molecule is CC.CCC12CC[C@@](C)(CC)CC1CCC1C3CCC([C@H](C)CN(C)/C=C(\C)C#N)C3(C)CCC12. The van der Waals surface area contributed by atoms with E-state index in [-0.39, 0.29) is 0 Å². The molecule has 4 fully saturated rings. The Morgan fingerprint density at radius 3 is 2.34 bits per heavy atom. The van der Waals surface area contributed by atoms with E-state index >= 15 is 0 Å². The molecule has 7 unspecified atom stereocenters. The van der Waals surface area contributed by atoms with E-state index in [0.29, 0.717) is 22.2 Å². The van der Waals surface area contributed by atoms with Gasteiger partial charge in [0, 0.05) is 25.4 Å². The first kappa shape index (κ1) is 28.6. The molecule has 0 N–H and O–H groups in total. The number of nitrogens with zero attached hydrogens (tertiary/aromatic N) is 2. The van der Waals surface area contributed by atoms with Crippen LogP contribution < -0.4 is 0 Å².